The first-order valence-corrected chi connectivity index (χ1v) is 5.95. The van der Waals surface area contributed by atoms with Crippen LogP contribution in [0.2, 0.25) is 0 Å². The largest absolute Gasteiger partial charge is 0.493 e. The summed E-state index contributed by atoms with van der Waals surface area (Å²) in [5.74, 6) is 0.0112. The zero-order chi connectivity index (χ0) is 11.8. The van der Waals surface area contributed by atoms with Gasteiger partial charge in [0.25, 0.3) is 0 Å². The van der Waals surface area contributed by atoms with Gasteiger partial charge in [-0.05, 0) is 17.2 Å². The van der Waals surface area contributed by atoms with E-state index in [1.807, 2.05) is 12.1 Å². The molecule has 1 aromatic carbocycles. The second-order valence-electron chi connectivity index (χ2n) is 4.68. The predicted octanol–water partition coefficient (Wildman–Crippen LogP) is 1.01. The highest BCUT2D eigenvalue weighted by molar-refractivity contribution is 5.72. The Bertz CT molecular complexity index is 458. The smallest absolute Gasteiger partial charge is 0.308 e. The molecule has 0 bridgehead atoms. The summed E-state index contributed by atoms with van der Waals surface area (Å²) in [6, 6.07) is 6.07. The summed E-state index contributed by atoms with van der Waals surface area (Å²) in [5, 5.41) is 12.3. The van der Waals surface area contributed by atoms with Crippen LogP contribution in [0.4, 0.5) is 0 Å². The first-order valence-electron chi connectivity index (χ1n) is 5.95. The summed E-state index contributed by atoms with van der Waals surface area (Å²) in [6.07, 6.45) is 0.932. The number of carbonyl (C=O) groups is 1. The molecule has 2 aliphatic heterocycles. The zero-order valence-electron chi connectivity index (χ0n) is 9.48. The molecule has 0 aliphatic carbocycles. The average molecular weight is 233 g/mol. The van der Waals surface area contributed by atoms with Crippen LogP contribution in [0.25, 0.3) is 0 Å². The van der Waals surface area contributed by atoms with E-state index < -0.39 is 5.97 Å². The quantitative estimate of drug-likeness (QED) is 0.800. The van der Waals surface area contributed by atoms with E-state index in [1.54, 1.807) is 0 Å². The van der Waals surface area contributed by atoms with Crippen LogP contribution in [0.1, 0.15) is 17.0 Å². The molecule has 0 unspecified atom stereocenters. The van der Waals surface area contributed by atoms with Gasteiger partial charge in [0.05, 0.1) is 12.5 Å². The molecule has 0 amide bonds. The van der Waals surface area contributed by atoms with Crippen molar-refractivity contribution in [3.63, 3.8) is 0 Å². The number of carboxylic acid groups (broad SMARTS) is 1. The molecule has 1 fully saturated rings. The van der Waals surface area contributed by atoms with E-state index in [9.17, 15) is 9.90 Å². The maximum Gasteiger partial charge on any atom is 0.308 e. The highest BCUT2D eigenvalue weighted by Crippen LogP contribution is 2.33. The van der Waals surface area contributed by atoms with Gasteiger partial charge in [-0.3, -0.25) is 4.79 Å². The van der Waals surface area contributed by atoms with Gasteiger partial charge in [-0.15, -0.1) is 0 Å². The van der Waals surface area contributed by atoms with Crippen molar-refractivity contribution in [3.05, 3.63) is 29.3 Å². The maximum atomic E-state index is 11.2. The number of hydrogen-bond acceptors (Lipinski definition) is 3. The minimum Gasteiger partial charge on any atom is -0.493 e. The molecule has 0 aromatic heterocycles. The van der Waals surface area contributed by atoms with Gasteiger partial charge in [-0.2, -0.15) is 0 Å². The molecule has 1 saturated heterocycles. The molecule has 2 aliphatic rings. The second-order valence-corrected chi connectivity index (χ2v) is 4.68. The minimum atomic E-state index is -0.711. The van der Waals surface area contributed by atoms with Crippen LogP contribution in [0.3, 0.4) is 0 Å². The van der Waals surface area contributed by atoms with Gasteiger partial charge in [-0.1, -0.05) is 12.1 Å². The third kappa shape index (κ3) is 1.78. The Hall–Kier alpha value is -1.55. The second kappa shape index (κ2) is 4.04. The van der Waals surface area contributed by atoms with E-state index in [4.69, 9.17) is 4.74 Å². The Labute approximate surface area is 99.6 Å². The van der Waals surface area contributed by atoms with Gasteiger partial charge in [-0.25, -0.2) is 0 Å². The molecule has 17 heavy (non-hydrogen) atoms. The molecule has 1 aromatic rings. The summed E-state index contributed by atoms with van der Waals surface area (Å²) in [6.45, 7) is 2.05. The third-order valence-electron chi connectivity index (χ3n) is 3.67. The first kappa shape index (κ1) is 10.6. The molecule has 2 N–H and O–H groups in total. The lowest BCUT2D eigenvalue weighted by molar-refractivity contribution is -0.141. The average Bonchev–Trinajstić information content (AvgIpc) is 2.96. The minimum absolute atomic E-state index is 0.0819. The Balaban J connectivity index is 1.91. The number of rotatable bonds is 2. The van der Waals surface area contributed by atoms with E-state index in [1.165, 1.54) is 5.56 Å². The van der Waals surface area contributed by atoms with Gasteiger partial charge in [0.2, 0.25) is 0 Å². The van der Waals surface area contributed by atoms with E-state index >= 15 is 0 Å². The molecule has 2 heterocycles. The fraction of sp³-hybridized carbons (Fsp3) is 0.462. The summed E-state index contributed by atoms with van der Waals surface area (Å²) in [5.41, 5.74) is 2.32. The van der Waals surface area contributed by atoms with Crippen molar-refractivity contribution >= 4 is 5.97 Å². The third-order valence-corrected chi connectivity index (χ3v) is 3.67. The molecule has 0 radical (unpaired) electrons. The Morgan fingerprint density at radius 1 is 1.41 bits per heavy atom. The molecule has 2 atom stereocenters. The fourth-order valence-electron chi connectivity index (χ4n) is 2.73. The highest BCUT2D eigenvalue weighted by atomic mass is 16.5. The van der Waals surface area contributed by atoms with Crippen molar-refractivity contribution in [3.8, 4) is 5.75 Å². The lowest BCUT2D eigenvalue weighted by Crippen LogP contribution is -2.21. The lowest BCUT2D eigenvalue weighted by atomic mass is 9.88. The highest BCUT2D eigenvalue weighted by Gasteiger charge is 2.34. The van der Waals surface area contributed by atoms with Crippen LogP contribution in [-0.4, -0.2) is 30.8 Å². The van der Waals surface area contributed by atoms with Gasteiger partial charge in [0.1, 0.15) is 5.75 Å². The molecular formula is C13H15NO3. The summed E-state index contributed by atoms with van der Waals surface area (Å²) >= 11 is 0. The van der Waals surface area contributed by atoms with E-state index in [2.05, 4.69) is 11.4 Å². The standard InChI is InChI=1S/C13H15NO3/c15-13(16)11-7-14-6-10(11)8-1-2-12-9(5-8)3-4-17-12/h1-2,5,10-11,14H,3-4,6-7H2,(H,15,16)/t10-,11-/m1/s1. The molecular weight excluding hydrogens is 218 g/mol. The molecule has 4 heteroatoms. The summed E-state index contributed by atoms with van der Waals surface area (Å²) in [7, 11) is 0. The van der Waals surface area contributed by atoms with E-state index in [-0.39, 0.29) is 11.8 Å². The number of fused-ring (bicyclic) bond motifs is 1. The number of nitrogens with one attached hydrogen (secondary N) is 1. The summed E-state index contributed by atoms with van der Waals surface area (Å²) < 4.78 is 5.46. The number of aliphatic carboxylic acids is 1. The molecule has 0 spiro atoms. The lowest BCUT2D eigenvalue weighted by Gasteiger charge is -2.15. The van der Waals surface area contributed by atoms with E-state index in [0.29, 0.717) is 6.54 Å². The fourth-order valence-corrected chi connectivity index (χ4v) is 2.73. The summed E-state index contributed by atoms with van der Waals surface area (Å²) in [4.78, 5) is 11.2. The van der Waals surface area contributed by atoms with Crippen molar-refractivity contribution in [1.82, 2.24) is 5.32 Å². The van der Waals surface area contributed by atoms with Crippen LogP contribution in [-0.2, 0) is 11.2 Å². The number of ether oxygens (including phenoxy) is 1. The Morgan fingerprint density at radius 2 is 2.29 bits per heavy atom. The first-order chi connectivity index (χ1) is 8.25. The van der Waals surface area contributed by atoms with Crippen molar-refractivity contribution in [2.75, 3.05) is 19.7 Å². The zero-order valence-corrected chi connectivity index (χ0v) is 9.48. The van der Waals surface area contributed by atoms with Gasteiger partial charge in [0, 0.05) is 25.4 Å². The van der Waals surface area contributed by atoms with Crippen molar-refractivity contribution in [2.45, 2.75) is 12.3 Å². The molecule has 0 saturated carbocycles. The van der Waals surface area contributed by atoms with Gasteiger partial charge >= 0.3 is 5.97 Å². The molecule has 90 valence electrons. The molecule has 4 nitrogen and oxygen atoms in total. The number of carboxylic acids is 1. The number of benzene rings is 1. The Kier molecular flexibility index (Phi) is 2.52. The maximum absolute atomic E-state index is 11.2. The SMILES string of the molecule is O=C(O)[C@@H]1CNC[C@@H]1c1ccc2c(c1)CCO2. The predicted molar refractivity (Wildman–Crippen MR) is 62.4 cm³/mol. The Morgan fingerprint density at radius 3 is 3.12 bits per heavy atom. The van der Waals surface area contributed by atoms with Crippen molar-refractivity contribution in [1.29, 1.82) is 0 Å². The van der Waals surface area contributed by atoms with Gasteiger partial charge in [0.15, 0.2) is 0 Å². The van der Waals surface area contributed by atoms with Crippen LogP contribution < -0.4 is 10.1 Å². The normalized spacial score (nSPS) is 26.6. The van der Waals surface area contributed by atoms with Crippen LogP contribution in [0.15, 0.2) is 18.2 Å². The van der Waals surface area contributed by atoms with Crippen molar-refractivity contribution in [2.24, 2.45) is 5.92 Å². The van der Waals surface area contributed by atoms with E-state index in [0.717, 1.165) is 30.9 Å². The number of hydrogen-bond donors (Lipinski definition) is 2. The van der Waals surface area contributed by atoms with Gasteiger partial charge < -0.3 is 15.2 Å². The van der Waals surface area contributed by atoms with Crippen molar-refractivity contribution < 1.29 is 14.6 Å². The monoisotopic (exact) mass is 233 g/mol. The molecule has 3 rings (SSSR count). The van der Waals surface area contributed by atoms with Crippen LogP contribution in [0.5, 0.6) is 5.75 Å². The van der Waals surface area contributed by atoms with Crippen LogP contribution in [0, 0.1) is 5.92 Å². The van der Waals surface area contributed by atoms with Crippen LogP contribution >= 0.6 is 0 Å². The topological polar surface area (TPSA) is 58.6 Å².